The lowest BCUT2D eigenvalue weighted by Crippen LogP contribution is -2.00. The zero-order chi connectivity index (χ0) is 13.4. The number of alkyl halides is 2. The van der Waals surface area contributed by atoms with Gasteiger partial charge in [0.05, 0.1) is 9.99 Å². The third-order valence-electron chi connectivity index (χ3n) is 2.68. The van der Waals surface area contributed by atoms with Gasteiger partial charge in [-0.25, -0.2) is 18.2 Å². The second-order valence-corrected chi connectivity index (χ2v) is 4.65. The predicted octanol–water partition coefficient (Wildman–Crippen LogP) is 4.42. The Morgan fingerprint density at radius 3 is 2.56 bits per heavy atom. The molecule has 0 saturated heterocycles. The Bertz CT molecular complexity index is 614. The molecule has 0 bridgehead atoms. The molecule has 1 aromatic heterocycles. The fourth-order valence-corrected chi connectivity index (χ4v) is 2.34. The van der Waals surface area contributed by atoms with Gasteiger partial charge in [-0.15, -0.1) is 0 Å². The van der Waals surface area contributed by atoms with Gasteiger partial charge in [0, 0.05) is 18.1 Å². The van der Waals surface area contributed by atoms with Crippen molar-refractivity contribution in [1.29, 1.82) is 0 Å². The molecule has 0 aliphatic carbocycles. The summed E-state index contributed by atoms with van der Waals surface area (Å²) >= 11 is 3.13. The van der Waals surface area contributed by atoms with E-state index in [-0.39, 0.29) is 10.2 Å². The molecule has 6 heteroatoms. The highest BCUT2D eigenvalue weighted by Crippen LogP contribution is 2.35. The van der Waals surface area contributed by atoms with Gasteiger partial charge in [0.1, 0.15) is 11.5 Å². The van der Waals surface area contributed by atoms with Crippen LogP contribution in [0.1, 0.15) is 17.7 Å². The minimum absolute atomic E-state index is 0.223. The number of anilines is 1. The van der Waals surface area contributed by atoms with Crippen molar-refractivity contribution in [2.45, 2.75) is 13.3 Å². The van der Waals surface area contributed by atoms with Crippen LogP contribution >= 0.6 is 15.9 Å². The highest BCUT2D eigenvalue weighted by molar-refractivity contribution is 9.10. The topological polar surface area (TPSA) is 24.9 Å². The van der Waals surface area contributed by atoms with Crippen LogP contribution in [0, 0.1) is 12.7 Å². The first-order chi connectivity index (χ1) is 8.45. The number of pyridine rings is 1. The molecule has 0 aliphatic rings. The lowest BCUT2D eigenvalue weighted by Gasteiger charge is -2.12. The van der Waals surface area contributed by atoms with Gasteiger partial charge in [-0.05, 0) is 40.5 Å². The molecule has 0 spiro atoms. The summed E-state index contributed by atoms with van der Waals surface area (Å²) in [5.74, 6) is -0.442. The third kappa shape index (κ3) is 2.05. The van der Waals surface area contributed by atoms with Crippen molar-refractivity contribution in [3.05, 3.63) is 33.7 Å². The van der Waals surface area contributed by atoms with Gasteiger partial charge in [0.25, 0.3) is 6.43 Å². The highest BCUT2D eigenvalue weighted by Gasteiger charge is 2.17. The minimum atomic E-state index is -2.66. The van der Waals surface area contributed by atoms with Crippen molar-refractivity contribution in [3.8, 4) is 0 Å². The average molecular weight is 319 g/mol. The van der Waals surface area contributed by atoms with Crippen LogP contribution in [0.2, 0.25) is 0 Å². The molecule has 96 valence electrons. The van der Waals surface area contributed by atoms with E-state index in [2.05, 4.69) is 26.2 Å². The van der Waals surface area contributed by atoms with Gasteiger partial charge in [0.2, 0.25) is 0 Å². The molecule has 2 aromatic rings. The molecule has 0 radical (unpaired) electrons. The molecule has 0 aliphatic heterocycles. The number of aryl methyl sites for hydroxylation is 1. The van der Waals surface area contributed by atoms with Gasteiger partial charge in [0.15, 0.2) is 0 Å². The van der Waals surface area contributed by atoms with E-state index in [1.165, 1.54) is 12.1 Å². The summed E-state index contributed by atoms with van der Waals surface area (Å²) in [6, 6.07) is 2.50. The van der Waals surface area contributed by atoms with Crippen molar-refractivity contribution in [2.75, 3.05) is 12.4 Å². The van der Waals surface area contributed by atoms with Crippen LogP contribution in [0.3, 0.4) is 0 Å². The second-order valence-electron chi connectivity index (χ2n) is 3.86. The molecular formula is C12H10BrF3N2. The molecule has 1 aromatic carbocycles. The maximum atomic E-state index is 13.6. The number of nitrogens with zero attached hydrogens (tertiary/aromatic N) is 1. The van der Waals surface area contributed by atoms with Gasteiger partial charge in [-0.3, -0.25) is 0 Å². The molecule has 2 rings (SSSR count). The monoisotopic (exact) mass is 318 g/mol. The number of fused-ring (bicyclic) bond motifs is 1. The van der Waals surface area contributed by atoms with E-state index in [9.17, 15) is 13.2 Å². The highest BCUT2D eigenvalue weighted by atomic mass is 79.9. The largest absolute Gasteiger partial charge is 0.387 e. The van der Waals surface area contributed by atoms with Crippen molar-refractivity contribution < 1.29 is 13.2 Å². The molecule has 1 heterocycles. The zero-order valence-corrected chi connectivity index (χ0v) is 11.3. The number of rotatable bonds is 2. The number of halogens is 4. The second kappa shape index (κ2) is 4.76. The Hall–Kier alpha value is -1.30. The summed E-state index contributed by atoms with van der Waals surface area (Å²) < 4.78 is 39.4. The van der Waals surface area contributed by atoms with E-state index in [0.717, 1.165) is 0 Å². The molecular weight excluding hydrogens is 309 g/mol. The molecule has 0 atom stereocenters. The van der Waals surface area contributed by atoms with Gasteiger partial charge >= 0.3 is 0 Å². The first-order valence-corrected chi connectivity index (χ1v) is 6.00. The Morgan fingerprint density at radius 2 is 2.00 bits per heavy atom. The van der Waals surface area contributed by atoms with Crippen molar-refractivity contribution in [1.82, 2.24) is 4.98 Å². The van der Waals surface area contributed by atoms with Crippen LogP contribution in [-0.2, 0) is 0 Å². The Morgan fingerprint density at radius 1 is 1.33 bits per heavy atom. The van der Waals surface area contributed by atoms with Gasteiger partial charge in [-0.2, -0.15) is 0 Å². The Labute approximate surface area is 110 Å². The van der Waals surface area contributed by atoms with Gasteiger partial charge in [-0.1, -0.05) is 0 Å². The zero-order valence-electron chi connectivity index (χ0n) is 9.69. The van der Waals surface area contributed by atoms with Crippen LogP contribution in [-0.4, -0.2) is 12.0 Å². The number of nitrogens with one attached hydrogen (secondary N) is 1. The van der Waals surface area contributed by atoms with E-state index in [4.69, 9.17) is 0 Å². The summed E-state index contributed by atoms with van der Waals surface area (Å²) in [7, 11) is 1.59. The normalized spacial score (nSPS) is 11.3. The van der Waals surface area contributed by atoms with Crippen molar-refractivity contribution in [3.63, 3.8) is 0 Å². The maximum Gasteiger partial charge on any atom is 0.280 e. The molecule has 0 unspecified atom stereocenters. The number of hydrogen-bond acceptors (Lipinski definition) is 2. The molecule has 18 heavy (non-hydrogen) atoms. The maximum absolute atomic E-state index is 13.6. The fourth-order valence-electron chi connectivity index (χ4n) is 1.82. The first kappa shape index (κ1) is 13.1. The van der Waals surface area contributed by atoms with Crippen LogP contribution in [0.25, 0.3) is 10.9 Å². The SMILES string of the molecule is CNc1cc(C(F)F)nc2c(C)cc(F)c(Br)c12. The number of benzene rings is 1. The number of aromatic nitrogens is 1. The molecule has 0 saturated carbocycles. The van der Waals surface area contributed by atoms with Crippen LogP contribution in [0.4, 0.5) is 18.9 Å². The fraction of sp³-hybridized carbons (Fsp3) is 0.250. The summed E-state index contributed by atoms with van der Waals surface area (Å²) in [6.45, 7) is 1.64. The molecule has 0 amide bonds. The Balaban J connectivity index is 2.91. The Kier molecular flexibility index (Phi) is 3.47. The lowest BCUT2D eigenvalue weighted by atomic mass is 10.1. The summed E-state index contributed by atoms with van der Waals surface area (Å²) in [6.07, 6.45) is -2.66. The summed E-state index contributed by atoms with van der Waals surface area (Å²) in [4.78, 5) is 3.90. The van der Waals surface area contributed by atoms with Crippen molar-refractivity contribution in [2.24, 2.45) is 0 Å². The third-order valence-corrected chi connectivity index (χ3v) is 3.45. The molecule has 1 N–H and O–H groups in total. The summed E-state index contributed by atoms with van der Waals surface area (Å²) in [5, 5.41) is 3.26. The lowest BCUT2D eigenvalue weighted by molar-refractivity contribution is 0.146. The summed E-state index contributed by atoms with van der Waals surface area (Å²) in [5.41, 5.74) is 0.980. The van der Waals surface area contributed by atoms with E-state index in [1.807, 2.05) is 0 Å². The predicted molar refractivity (Wildman–Crippen MR) is 68.6 cm³/mol. The van der Waals surface area contributed by atoms with E-state index in [0.29, 0.717) is 22.2 Å². The van der Waals surface area contributed by atoms with E-state index < -0.39 is 12.2 Å². The molecule has 0 fully saturated rings. The van der Waals surface area contributed by atoms with Crippen LogP contribution in [0.5, 0.6) is 0 Å². The van der Waals surface area contributed by atoms with Crippen LogP contribution in [0.15, 0.2) is 16.6 Å². The quantitative estimate of drug-likeness (QED) is 0.886. The van der Waals surface area contributed by atoms with Crippen molar-refractivity contribution >= 4 is 32.5 Å². The molecule has 2 nitrogen and oxygen atoms in total. The van der Waals surface area contributed by atoms with E-state index in [1.54, 1.807) is 14.0 Å². The minimum Gasteiger partial charge on any atom is -0.387 e. The standard InChI is InChI=1S/C12H10BrF3N2/c1-5-3-6(14)10(13)9-7(17-2)4-8(12(15)16)18-11(5)9/h3-4,12H,1-2H3,(H,17,18). The smallest absolute Gasteiger partial charge is 0.280 e. The van der Waals surface area contributed by atoms with Crippen LogP contribution < -0.4 is 5.32 Å². The first-order valence-electron chi connectivity index (χ1n) is 5.20. The van der Waals surface area contributed by atoms with E-state index >= 15 is 0 Å². The van der Waals surface area contributed by atoms with Gasteiger partial charge < -0.3 is 5.32 Å². The number of hydrogen-bond donors (Lipinski definition) is 1. The average Bonchev–Trinajstić information content (AvgIpc) is 2.34.